The summed E-state index contributed by atoms with van der Waals surface area (Å²) in [6, 6.07) is 12.4. The van der Waals surface area contributed by atoms with E-state index >= 15 is 0 Å². The van der Waals surface area contributed by atoms with Crippen molar-refractivity contribution in [1.29, 1.82) is 0 Å². The van der Waals surface area contributed by atoms with Crippen LogP contribution in [0.15, 0.2) is 52.1 Å². The standard InChI is InChI=1S/C17H23N3O.HI/c1-4-18-17(19-12-16-6-5-11-21-16)20(3)13-15-9-7-14(2)8-10-15;/h5-11H,4,12-13H2,1-3H3,(H,18,19);1H. The Balaban J connectivity index is 0.00000242. The summed E-state index contributed by atoms with van der Waals surface area (Å²) in [5.74, 6) is 1.75. The molecule has 1 heterocycles. The van der Waals surface area contributed by atoms with Gasteiger partial charge in [-0.2, -0.15) is 0 Å². The van der Waals surface area contributed by atoms with Gasteiger partial charge >= 0.3 is 0 Å². The van der Waals surface area contributed by atoms with Gasteiger partial charge in [0.2, 0.25) is 0 Å². The van der Waals surface area contributed by atoms with Crippen LogP contribution >= 0.6 is 24.0 Å². The summed E-state index contributed by atoms with van der Waals surface area (Å²) in [5, 5.41) is 3.31. The number of furan rings is 1. The molecule has 0 aliphatic heterocycles. The van der Waals surface area contributed by atoms with Crippen molar-refractivity contribution in [2.24, 2.45) is 4.99 Å². The number of halogens is 1. The van der Waals surface area contributed by atoms with Crippen molar-refractivity contribution >= 4 is 29.9 Å². The quantitative estimate of drug-likeness (QED) is 0.461. The maximum Gasteiger partial charge on any atom is 0.194 e. The topological polar surface area (TPSA) is 40.8 Å². The van der Waals surface area contributed by atoms with Crippen LogP contribution in [0.2, 0.25) is 0 Å². The monoisotopic (exact) mass is 413 g/mol. The molecule has 0 fully saturated rings. The lowest BCUT2D eigenvalue weighted by Gasteiger charge is -2.22. The predicted molar refractivity (Wildman–Crippen MR) is 102 cm³/mol. The van der Waals surface area contributed by atoms with Crippen molar-refractivity contribution in [3.8, 4) is 0 Å². The zero-order chi connectivity index (χ0) is 15.1. The summed E-state index contributed by atoms with van der Waals surface area (Å²) < 4.78 is 5.32. The summed E-state index contributed by atoms with van der Waals surface area (Å²) in [6.45, 7) is 6.39. The van der Waals surface area contributed by atoms with Crippen LogP contribution in [-0.4, -0.2) is 24.5 Å². The molecule has 0 saturated heterocycles. The molecule has 1 N–H and O–H groups in total. The molecule has 0 bridgehead atoms. The number of nitrogens with one attached hydrogen (secondary N) is 1. The maximum atomic E-state index is 5.32. The Morgan fingerprint density at radius 2 is 1.95 bits per heavy atom. The van der Waals surface area contributed by atoms with Crippen molar-refractivity contribution in [3.05, 3.63) is 59.5 Å². The number of nitrogens with zero attached hydrogens (tertiary/aromatic N) is 2. The highest BCUT2D eigenvalue weighted by molar-refractivity contribution is 14.0. The van der Waals surface area contributed by atoms with Gasteiger partial charge in [0.25, 0.3) is 0 Å². The molecule has 1 aromatic carbocycles. The Morgan fingerprint density at radius 1 is 1.23 bits per heavy atom. The van der Waals surface area contributed by atoms with Crippen molar-refractivity contribution in [3.63, 3.8) is 0 Å². The molecule has 0 aliphatic rings. The largest absolute Gasteiger partial charge is 0.467 e. The van der Waals surface area contributed by atoms with E-state index in [1.807, 2.05) is 19.2 Å². The highest BCUT2D eigenvalue weighted by atomic mass is 127. The third kappa shape index (κ3) is 5.71. The predicted octanol–water partition coefficient (Wildman–Crippen LogP) is 3.80. The maximum absolute atomic E-state index is 5.32. The first-order chi connectivity index (χ1) is 10.2. The van der Waals surface area contributed by atoms with Gasteiger partial charge in [-0.15, -0.1) is 24.0 Å². The Hall–Kier alpha value is -1.50. The Labute approximate surface area is 149 Å². The van der Waals surface area contributed by atoms with Crippen molar-refractivity contribution in [2.75, 3.05) is 13.6 Å². The molecule has 5 heteroatoms. The van der Waals surface area contributed by atoms with Gasteiger partial charge in [0, 0.05) is 20.1 Å². The lowest BCUT2D eigenvalue weighted by Crippen LogP contribution is -2.38. The number of aryl methyl sites for hydroxylation is 1. The second-order valence-corrected chi connectivity index (χ2v) is 5.09. The first kappa shape index (κ1) is 18.5. The SMILES string of the molecule is CCNC(=NCc1ccco1)N(C)Cc1ccc(C)cc1.I. The third-order valence-electron chi connectivity index (χ3n) is 3.20. The van der Waals surface area contributed by atoms with E-state index in [9.17, 15) is 0 Å². The molecule has 120 valence electrons. The molecule has 0 amide bonds. The van der Waals surface area contributed by atoms with Gasteiger partial charge in [-0.05, 0) is 31.5 Å². The first-order valence-electron chi connectivity index (χ1n) is 7.26. The van der Waals surface area contributed by atoms with E-state index < -0.39 is 0 Å². The normalized spacial score (nSPS) is 11.0. The Bertz CT molecular complexity index is 564. The fraction of sp³-hybridized carbons (Fsp3) is 0.353. The van der Waals surface area contributed by atoms with E-state index in [1.165, 1.54) is 11.1 Å². The Morgan fingerprint density at radius 3 is 2.55 bits per heavy atom. The Kier molecular flexibility index (Phi) is 8.01. The molecule has 0 spiro atoms. The van der Waals surface area contributed by atoms with Crippen LogP contribution < -0.4 is 5.32 Å². The molecule has 0 radical (unpaired) electrons. The van der Waals surface area contributed by atoms with E-state index in [0.717, 1.165) is 24.8 Å². The zero-order valence-corrected chi connectivity index (χ0v) is 15.7. The van der Waals surface area contributed by atoms with Crippen molar-refractivity contribution in [2.45, 2.75) is 26.9 Å². The van der Waals surface area contributed by atoms with Crippen LogP contribution in [0.25, 0.3) is 0 Å². The van der Waals surface area contributed by atoms with Crippen LogP contribution in [-0.2, 0) is 13.1 Å². The highest BCUT2D eigenvalue weighted by Gasteiger charge is 2.06. The molecule has 0 atom stereocenters. The van der Waals surface area contributed by atoms with Crippen molar-refractivity contribution < 1.29 is 4.42 Å². The molecular formula is C17H24IN3O. The number of hydrogen-bond donors (Lipinski definition) is 1. The summed E-state index contributed by atoms with van der Waals surface area (Å²) in [6.07, 6.45) is 1.67. The molecule has 0 saturated carbocycles. The molecule has 2 aromatic rings. The van der Waals surface area contributed by atoms with Crippen LogP contribution in [0.5, 0.6) is 0 Å². The molecule has 0 unspecified atom stereocenters. The first-order valence-corrected chi connectivity index (χ1v) is 7.26. The average Bonchev–Trinajstić information content (AvgIpc) is 2.99. The van der Waals surface area contributed by atoms with Gasteiger partial charge in [0.15, 0.2) is 5.96 Å². The fourth-order valence-corrected chi connectivity index (χ4v) is 2.07. The summed E-state index contributed by atoms with van der Waals surface area (Å²) in [7, 11) is 2.05. The van der Waals surface area contributed by atoms with Crippen LogP contribution in [0.3, 0.4) is 0 Å². The van der Waals surface area contributed by atoms with Gasteiger partial charge < -0.3 is 14.6 Å². The summed E-state index contributed by atoms with van der Waals surface area (Å²) in [5.41, 5.74) is 2.55. The van der Waals surface area contributed by atoms with E-state index in [4.69, 9.17) is 4.42 Å². The zero-order valence-electron chi connectivity index (χ0n) is 13.4. The van der Waals surface area contributed by atoms with Crippen LogP contribution in [0, 0.1) is 6.92 Å². The number of guanidine groups is 1. The van der Waals surface area contributed by atoms with Gasteiger partial charge in [-0.25, -0.2) is 4.99 Å². The minimum absolute atomic E-state index is 0. The molecular weight excluding hydrogens is 389 g/mol. The lowest BCUT2D eigenvalue weighted by atomic mass is 10.1. The van der Waals surface area contributed by atoms with E-state index in [-0.39, 0.29) is 24.0 Å². The number of rotatable bonds is 5. The van der Waals surface area contributed by atoms with Crippen molar-refractivity contribution in [1.82, 2.24) is 10.2 Å². The molecule has 4 nitrogen and oxygen atoms in total. The van der Waals surface area contributed by atoms with Gasteiger partial charge in [0.05, 0.1) is 6.26 Å². The summed E-state index contributed by atoms with van der Waals surface area (Å²) in [4.78, 5) is 6.73. The smallest absolute Gasteiger partial charge is 0.194 e. The number of benzene rings is 1. The number of hydrogen-bond acceptors (Lipinski definition) is 2. The molecule has 1 aromatic heterocycles. The molecule has 22 heavy (non-hydrogen) atoms. The van der Waals surface area contributed by atoms with Gasteiger partial charge in [0.1, 0.15) is 12.3 Å². The molecule has 2 rings (SSSR count). The minimum atomic E-state index is 0. The summed E-state index contributed by atoms with van der Waals surface area (Å²) >= 11 is 0. The van der Waals surface area contributed by atoms with E-state index in [0.29, 0.717) is 6.54 Å². The minimum Gasteiger partial charge on any atom is -0.467 e. The van der Waals surface area contributed by atoms with Crippen LogP contribution in [0.1, 0.15) is 23.8 Å². The third-order valence-corrected chi connectivity index (χ3v) is 3.20. The van der Waals surface area contributed by atoms with Gasteiger partial charge in [-0.1, -0.05) is 29.8 Å². The van der Waals surface area contributed by atoms with Crippen LogP contribution in [0.4, 0.5) is 0 Å². The second kappa shape index (κ2) is 9.50. The van der Waals surface area contributed by atoms with Gasteiger partial charge in [-0.3, -0.25) is 0 Å². The lowest BCUT2D eigenvalue weighted by molar-refractivity contribution is 0.470. The second-order valence-electron chi connectivity index (χ2n) is 5.09. The van der Waals surface area contributed by atoms with E-state index in [2.05, 4.69) is 53.3 Å². The fourth-order valence-electron chi connectivity index (χ4n) is 2.07. The number of aliphatic imine (C=N–C) groups is 1. The highest BCUT2D eigenvalue weighted by Crippen LogP contribution is 2.07. The average molecular weight is 413 g/mol. The van der Waals surface area contributed by atoms with E-state index in [1.54, 1.807) is 6.26 Å². The molecule has 0 aliphatic carbocycles.